The molecule has 0 aliphatic rings. The number of aryl methyl sites for hydroxylation is 1. The van der Waals surface area contributed by atoms with Crippen molar-refractivity contribution >= 4 is 10.0 Å². The molecule has 1 heterocycles. The fourth-order valence-electron chi connectivity index (χ4n) is 1.76. The van der Waals surface area contributed by atoms with Crippen molar-refractivity contribution in [1.82, 2.24) is 4.72 Å². The van der Waals surface area contributed by atoms with Crippen molar-refractivity contribution in [3.8, 4) is 0 Å². The summed E-state index contributed by atoms with van der Waals surface area (Å²) in [5.41, 5.74) is 1.86. The van der Waals surface area contributed by atoms with Crippen LogP contribution in [0.2, 0.25) is 0 Å². The Hall–Kier alpha value is -1.63. The first-order valence-corrected chi connectivity index (χ1v) is 7.74. The number of rotatable bonds is 6. The molecule has 108 valence electrons. The lowest BCUT2D eigenvalue weighted by Gasteiger charge is -2.05. The van der Waals surface area contributed by atoms with Gasteiger partial charge in [0.2, 0.25) is 5.09 Å². The quantitative estimate of drug-likeness (QED) is 0.848. The number of furan rings is 1. The minimum absolute atomic E-state index is 0.0769. The van der Waals surface area contributed by atoms with Crippen LogP contribution >= 0.6 is 0 Å². The highest BCUT2D eigenvalue weighted by Crippen LogP contribution is 2.13. The van der Waals surface area contributed by atoms with Crippen LogP contribution in [-0.2, 0) is 23.0 Å². The molecule has 6 heteroatoms. The predicted octanol–water partition coefficient (Wildman–Crippen LogP) is 1.60. The standard InChI is InChI=1S/C14H17NO4S/c1-11-2-7-14(19-11)20(17,18)15-10-13-5-3-12(4-6-13)8-9-16/h2-7,15-16H,8-10H2,1H3. The van der Waals surface area contributed by atoms with Crippen LogP contribution in [0.25, 0.3) is 0 Å². The van der Waals surface area contributed by atoms with Crippen molar-refractivity contribution in [3.05, 3.63) is 53.3 Å². The van der Waals surface area contributed by atoms with Crippen LogP contribution in [0, 0.1) is 6.92 Å². The lowest BCUT2D eigenvalue weighted by atomic mass is 10.1. The molecule has 1 aromatic carbocycles. The number of nitrogens with one attached hydrogen (secondary N) is 1. The van der Waals surface area contributed by atoms with Crippen LogP contribution in [0.15, 0.2) is 45.9 Å². The number of benzene rings is 1. The zero-order chi connectivity index (χ0) is 14.6. The van der Waals surface area contributed by atoms with E-state index in [1.807, 2.05) is 24.3 Å². The highest BCUT2D eigenvalue weighted by atomic mass is 32.2. The van der Waals surface area contributed by atoms with Gasteiger partial charge in [0, 0.05) is 13.2 Å². The maximum absolute atomic E-state index is 12.0. The van der Waals surface area contributed by atoms with Gasteiger partial charge in [0.05, 0.1) is 0 Å². The van der Waals surface area contributed by atoms with Crippen molar-refractivity contribution in [2.24, 2.45) is 0 Å². The summed E-state index contributed by atoms with van der Waals surface area (Å²) in [5, 5.41) is 8.75. The normalized spacial score (nSPS) is 11.7. The summed E-state index contributed by atoms with van der Waals surface area (Å²) in [6, 6.07) is 10.5. The molecular weight excluding hydrogens is 278 g/mol. The summed E-state index contributed by atoms with van der Waals surface area (Å²) in [4.78, 5) is 0. The van der Waals surface area contributed by atoms with E-state index in [2.05, 4.69) is 4.72 Å². The molecule has 2 rings (SSSR count). The zero-order valence-corrected chi connectivity index (χ0v) is 12.0. The van der Waals surface area contributed by atoms with Crippen molar-refractivity contribution in [2.75, 3.05) is 6.61 Å². The van der Waals surface area contributed by atoms with Gasteiger partial charge in [-0.25, -0.2) is 13.1 Å². The molecule has 0 fully saturated rings. The molecule has 0 unspecified atom stereocenters. The highest BCUT2D eigenvalue weighted by Gasteiger charge is 2.17. The van der Waals surface area contributed by atoms with Gasteiger partial charge < -0.3 is 9.52 Å². The molecule has 0 radical (unpaired) electrons. The first kappa shape index (κ1) is 14.8. The molecule has 1 aromatic heterocycles. The maximum Gasteiger partial charge on any atom is 0.274 e. The third-order valence-corrected chi connectivity index (χ3v) is 4.14. The lowest BCUT2D eigenvalue weighted by Crippen LogP contribution is -2.22. The number of aliphatic hydroxyl groups is 1. The minimum Gasteiger partial charge on any atom is -0.449 e. The Kier molecular flexibility index (Phi) is 4.59. The second-order valence-electron chi connectivity index (χ2n) is 4.48. The summed E-state index contributed by atoms with van der Waals surface area (Å²) in [6.45, 7) is 1.99. The SMILES string of the molecule is Cc1ccc(S(=O)(=O)NCc2ccc(CCO)cc2)o1. The Morgan fingerprint density at radius 3 is 2.30 bits per heavy atom. The average molecular weight is 295 g/mol. The van der Waals surface area contributed by atoms with E-state index < -0.39 is 10.0 Å². The van der Waals surface area contributed by atoms with Gasteiger partial charge >= 0.3 is 0 Å². The number of sulfonamides is 1. The molecule has 0 saturated heterocycles. The second-order valence-corrected chi connectivity index (χ2v) is 6.18. The molecule has 5 nitrogen and oxygen atoms in total. The summed E-state index contributed by atoms with van der Waals surface area (Å²) in [5.74, 6) is 0.554. The van der Waals surface area contributed by atoms with Crippen LogP contribution in [0.3, 0.4) is 0 Å². The van der Waals surface area contributed by atoms with Crippen molar-refractivity contribution in [1.29, 1.82) is 0 Å². The van der Waals surface area contributed by atoms with Gasteiger partial charge in [0.1, 0.15) is 5.76 Å². The van der Waals surface area contributed by atoms with E-state index in [0.29, 0.717) is 12.2 Å². The fraction of sp³-hybridized carbons (Fsp3) is 0.286. The predicted molar refractivity (Wildman–Crippen MR) is 74.7 cm³/mol. The summed E-state index contributed by atoms with van der Waals surface area (Å²) in [7, 11) is -3.61. The topological polar surface area (TPSA) is 79.5 Å². The molecule has 20 heavy (non-hydrogen) atoms. The van der Waals surface area contributed by atoms with Crippen molar-refractivity contribution in [3.63, 3.8) is 0 Å². The van der Waals surface area contributed by atoms with E-state index in [4.69, 9.17) is 9.52 Å². The molecule has 0 aliphatic heterocycles. The van der Waals surface area contributed by atoms with Crippen LogP contribution in [-0.4, -0.2) is 20.1 Å². The smallest absolute Gasteiger partial charge is 0.274 e. The first-order chi connectivity index (χ1) is 9.51. The van der Waals surface area contributed by atoms with Gasteiger partial charge in [-0.05, 0) is 36.6 Å². The summed E-state index contributed by atoms with van der Waals surface area (Å²) in [6.07, 6.45) is 0.595. The van der Waals surface area contributed by atoms with Crippen LogP contribution in [0.4, 0.5) is 0 Å². The largest absolute Gasteiger partial charge is 0.449 e. The van der Waals surface area contributed by atoms with Gasteiger partial charge in [0.15, 0.2) is 0 Å². The van der Waals surface area contributed by atoms with Gasteiger partial charge in [-0.3, -0.25) is 0 Å². The Balaban J connectivity index is 2.01. The van der Waals surface area contributed by atoms with E-state index in [-0.39, 0.29) is 18.2 Å². The Labute approximate surface area is 118 Å². The molecule has 2 aromatic rings. The number of hydrogen-bond acceptors (Lipinski definition) is 4. The monoisotopic (exact) mass is 295 g/mol. The molecule has 0 aliphatic carbocycles. The Morgan fingerprint density at radius 2 is 1.75 bits per heavy atom. The summed E-state index contributed by atoms with van der Waals surface area (Å²) >= 11 is 0. The second kappa shape index (κ2) is 6.21. The molecule has 0 amide bonds. The summed E-state index contributed by atoms with van der Waals surface area (Å²) < 4.78 is 31.5. The average Bonchev–Trinajstić information content (AvgIpc) is 2.86. The van der Waals surface area contributed by atoms with E-state index in [9.17, 15) is 8.42 Å². The van der Waals surface area contributed by atoms with Crippen LogP contribution in [0.5, 0.6) is 0 Å². The molecule has 0 spiro atoms. The molecular formula is C14H17NO4S. The van der Waals surface area contributed by atoms with E-state index >= 15 is 0 Å². The fourth-order valence-corrected chi connectivity index (χ4v) is 2.75. The third kappa shape index (κ3) is 3.69. The van der Waals surface area contributed by atoms with E-state index in [1.54, 1.807) is 13.0 Å². The molecule has 0 atom stereocenters. The molecule has 0 saturated carbocycles. The minimum atomic E-state index is -3.61. The Bertz CT molecular complexity index is 659. The van der Waals surface area contributed by atoms with E-state index in [0.717, 1.165) is 11.1 Å². The van der Waals surface area contributed by atoms with Gasteiger partial charge in [0.25, 0.3) is 10.0 Å². The van der Waals surface area contributed by atoms with Gasteiger partial charge in [-0.1, -0.05) is 24.3 Å². The van der Waals surface area contributed by atoms with Crippen molar-refractivity contribution in [2.45, 2.75) is 25.0 Å². The van der Waals surface area contributed by atoms with Crippen LogP contribution < -0.4 is 4.72 Å². The number of hydrogen-bond donors (Lipinski definition) is 2. The zero-order valence-electron chi connectivity index (χ0n) is 11.2. The lowest BCUT2D eigenvalue weighted by molar-refractivity contribution is 0.299. The van der Waals surface area contributed by atoms with E-state index in [1.165, 1.54) is 6.07 Å². The van der Waals surface area contributed by atoms with Crippen LogP contribution in [0.1, 0.15) is 16.9 Å². The molecule has 2 N–H and O–H groups in total. The maximum atomic E-state index is 12.0. The van der Waals surface area contributed by atoms with Gasteiger partial charge in [-0.2, -0.15) is 0 Å². The first-order valence-electron chi connectivity index (χ1n) is 6.26. The molecule has 0 bridgehead atoms. The third-order valence-electron chi connectivity index (χ3n) is 2.87. The number of aliphatic hydroxyl groups excluding tert-OH is 1. The van der Waals surface area contributed by atoms with Crippen molar-refractivity contribution < 1.29 is 17.9 Å². The Morgan fingerprint density at radius 1 is 1.10 bits per heavy atom. The van der Waals surface area contributed by atoms with Gasteiger partial charge in [-0.15, -0.1) is 0 Å². The highest BCUT2D eigenvalue weighted by molar-refractivity contribution is 7.89.